The van der Waals surface area contributed by atoms with Crippen molar-refractivity contribution < 1.29 is 0 Å². The van der Waals surface area contributed by atoms with Gasteiger partial charge in [0.15, 0.2) is 0 Å². The summed E-state index contributed by atoms with van der Waals surface area (Å²) in [7, 11) is 3.78. The maximum Gasteiger partial charge on any atom is 0.134 e. The minimum atomic E-state index is 0.292. The average Bonchev–Trinajstić information content (AvgIpc) is 2.48. The van der Waals surface area contributed by atoms with E-state index >= 15 is 0 Å². The summed E-state index contributed by atoms with van der Waals surface area (Å²) in [6.07, 6.45) is 3.28. The van der Waals surface area contributed by atoms with Crippen LogP contribution < -0.4 is 9.80 Å². The van der Waals surface area contributed by atoms with Gasteiger partial charge < -0.3 is 9.80 Å². The molecule has 6 heteroatoms. The summed E-state index contributed by atoms with van der Waals surface area (Å²) in [5.41, 5.74) is 0.973. The molecule has 2 aromatic rings. The van der Waals surface area contributed by atoms with Gasteiger partial charge in [0.1, 0.15) is 24.5 Å². The largest absolute Gasteiger partial charge is 0.354 e. The van der Waals surface area contributed by atoms with Crippen molar-refractivity contribution in [3.63, 3.8) is 0 Å². The zero-order valence-electron chi connectivity index (χ0n) is 11.6. The lowest BCUT2D eigenvalue weighted by Crippen LogP contribution is -2.21. The number of nitriles is 1. The van der Waals surface area contributed by atoms with E-state index in [1.165, 1.54) is 6.33 Å². The Labute approximate surface area is 118 Å². The summed E-state index contributed by atoms with van der Waals surface area (Å²) in [5.74, 6) is 1.52. The van der Waals surface area contributed by atoms with E-state index in [0.717, 1.165) is 17.3 Å². The number of pyridine rings is 1. The molecule has 0 amide bonds. The Morgan fingerprint density at radius 1 is 1.10 bits per heavy atom. The minimum absolute atomic E-state index is 0.292. The third-order valence-corrected chi connectivity index (χ3v) is 2.85. The van der Waals surface area contributed by atoms with Gasteiger partial charge in [-0.3, -0.25) is 4.98 Å². The fourth-order valence-corrected chi connectivity index (χ4v) is 1.76. The third-order valence-electron chi connectivity index (χ3n) is 2.85. The first-order valence-electron chi connectivity index (χ1n) is 6.22. The number of hydrogen-bond acceptors (Lipinski definition) is 6. The lowest BCUT2D eigenvalue weighted by molar-refractivity contribution is 0.856. The van der Waals surface area contributed by atoms with Crippen LogP contribution >= 0.6 is 0 Å². The molecule has 0 aromatic carbocycles. The number of nitrogens with zero attached hydrogens (tertiary/aromatic N) is 6. The molecule has 0 radical (unpaired) electrons. The van der Waals surface area contributed by atoms with Gasteiger partial charge in [-0.25, -0.2) is 9.97 Å². The highest BCUT2D eigenvalue weighted by atomic mass is 15.2. The van der Waals surface area contributed by atoms with Crippen LogP contribution in [0.3, 0.4) is 0 Å². The Balaban J connectivity index is 2.12. The SMILES string of the molecule is CN(CC#N)c1cc(N(C)Cc2ccccn2)ncn1. The Morgan fingerprint density at radius 3 is 2.50 bits per heavy atom. The highest BCUT2D eigenvalue weighted by Gasteiger charge is 2.08. The predicted octanol–water partition coefficient (Wildman–Crippen LogP) is 1.47. The van der Waals surface area contributed by atoms with E-state index in [1.807, 2.05) is 43.3 Å². The standard InChI is InChI=1S/C14H16N6/c1-19(8-6-15)13-9-14(18-11-17-13)20(2)10-12-5-3-4-7-16-12/h3-5,7,9,11H,8,10H2,1-2H3. The maximum absolute atomic E-state index is 8.72. The quantitative estimate of drug-likeness (QED) is 0.765. The normalized spacial score (nSPS) is 9.85. The van der Waals surface area contributed by atoms with Crippen LogP contribution in [0.5, 0.6) is 0 Å². The van der Waals surface area contributed by atoms with Crippen molar-refractivity contribution in [2.75, 3.05) is 30.4 Å². The first-order chi connectivity index (χ1) is 9.70. The van der Waals surface area contributed by atoms with E-state index in [0.29, 0.717) is 13.1 Å². The van der Waals surface area contributed by atoms with Gasteiger partial charge in [0.25, 0.3) is 0 Å². The van der Waals surface area contributed by atoms with Crippen molar-refractivity contribution in [2.24, 2.45) is 0 Å². The lowest BCUT2D eigenvalue weighted by atomic mass is 10.3. The first-order valence-corrected chi connectivity index (χ1v) is 6.22. The zero-order chi connectivity index (χ0) is 14.4. The van der Waals surface area contributed by atoms with E-state index in [-0.39, 0.29) is 0 Å². The van der Waals surface area contributed by atoms with Crippen LogP contribution in [0.15, 0.2) is 36.8 Å². The molecule has 0 atom stereocenters. The fraction of sp³-hybridized carbons (Fsp3) is 0.286. The second-order valence-electron chi connectivity index (χ2n) is 4.43. The van der Waals surface area contributed by atoms with Gasteiger partial charge >= 0.3 is 0 Å². The number of hydrogen-bond donors (Lipinski definition) is 0. The molecule has 0 aliphatic heterocycles. The summed E-state index contributed by atoms with van der Waals surface area (Å²) >= 11 is 0. The van der Waals surface area contributed by atoms with Gasteiger partial charge in [-0.1, -0.05) is 6.07 Å². The van der Waals surface area contributed by atoms with Gasteiger partial charge in [-0.05, 0) is 12.1 Å². The molecule has 2 rings (SSSR count). The Bertz CT molecular complexity index is 592. The van der Waals surface area contributed by atoms with E-state index in [1.54, 1.807) is 11.1 Å². The summed E-state index contributed by atoms with van der Waals surface area (Å²) in [4.78, 5) is 16.5. The molecule has 0 saturated carbocycles. The molecular formula is C14H16N6. The van der Waals surface area contributed by atoms with Gasteiger partial charge in [0, 0.05) is 26.4 Å². The molecule has 0 saturated heterocycles. The summed E-state index contributed by atoms with van der Waals surface area (Å²) in [5, 5.41) is 8.72. The summed E-state index contributed by atoms with van der Waals surface area (Å²) in [6, 6.07) is 9.78. The highest BCUT2D eigenvalue weighted by Crippen LogP contribution is 2.16. The van der Waals surface area contributed by atoms with Crippen molar-refractivity contribution in [2.45, 2.75) is 6.54 Å². The summed E-state index contributed by atoms with van der Waals surface area (Å²) < 4.78 is 0. The van der Waals surface area contributed by atoms with Gasteiger partial charge in [0.2, 0.25) is 0 Å². The Hall–Kier alpha value is -2.68. The monoisotopic (exact) mass is 268 g/mol. The van der Waals surface area contributed by atoms with Gasteiger partial charge in [0.05, 0.1) is 18.3 Å². The van der Waals surface area contributed by atoms with Crippen molar-refractivity contribution in [1.82, 2.24) is 15.0 Å². The maximum atomic E-state index is 8.72. The van der Waals surface area contributed by atoms with Crippen LogP contribution in [0.1, 0.15) is 5.69 Å². The molecule has 20 heavy (non-hydrogen) atoms. The zero-order valence-corrected chi connectivity index (χ0v) is 11.6. The van der Waals surface area contributed by atoms with Crippen LogP contribution in [0.4, 0.5) is 11.6 Å². The molecule has 0 spiro atoms. The van der Waals surface area contributed by atoms with Crippen LogP contribution in [0, 0.1) is 11.3 Å². The summed E-state index contributed by atoms with van der Waals surface area (Å²) in [6.45, 7) is 0.958. The Morgan fingerprint density at radius 2 is 1.85 bits per heavy atom. The topological polar surface area (TPSA) is 68.9 Å². The third kappa shape index (κ3) is 3.42. The van der Waals surface area contributed by atoms with Crippen molar-refractivity contribution >= 4 is 11.6 Å². The first kappa shape index (κ1) is 13.7. The minimum Gasteiger partial charge on any atom is -0.354 e. The molecule has 0 unspecified atom stereocenters. The number of rotatable bonds is 5. The average molecular weight is 268 g/mol. The molecule has 2 heterocycles. The predicted molar refractivity (Wildman–Crippen MR) is 77.3 cm³/mol. The van der Waals surface area contributed by atoms with Crippen molar-refractivity contribution in [1.29, 1.82) is 5.26 Å². The van der Waals surface area contributed by atoms with Crippen molar-refractivity contribution in [3.05, 3.63) is 42.5 Å². The smallest absolute Gasteiger partial charge is 0.134 e. The van der Waals surface area contributed by atoms with E-state index in [4.69, 9.17) is 5.26 Å². The van der Waals surface area contributed by atoms with E-state index in [9.17, 15) is 0 Å². The molecule has 102 valence electrons. The van der Waals surface area contributed by atoms with Gasteiger partial charge in [-0.15, -0.1) is 0 Å². The molecule has 0 aliphatic carbocycles. The lowest BCUT2D eigenvalue weighted by Gasteiger charge is -2.20. The van der Waals surface area contributed by atoms with Crippen LogP contribution in [0.2, 0.25) is 0 Å². The van der Waals surface area contributed by atoms with Gasteiger partial charge in [-0.2, -0.15) is 5.26 Å². The fourth-order valence-electron chi connectivity index (χ4n) is 1.76. The van der Waals surface area contributed by atoms with Crippen LogP contribution in [-0.2, 0) is 6.54 Å². The second kappa shape index (κ2) is 6.48. The molecule has 0 fully saturated rings. The number of aromatic nitrogens is 3. The van der Waals surface area contributed by atoms with Crippen molar-refractivity contribution in [3.8, 4) is 6.07 Å². The van der Waals surface area contributed by atoms with E-state index < -0.39 is 0 Å². The molecule has 6 nitrogen and oxygen atoms in total. The van der Waals surface area contributed by atoms with Crippen LogP contribution in [-0.4, -0.2) is 35.6 Å². The van der Waals surface area contributed by atoms with Crippen LogP contribution in [0.25, 0.3) is 0 Å². The number of anilines is 2. The highest BCUT2D eigenvalue weighted by molar-refractivity contribution is 5.49. The molecule has 0 aliphatic rings. The Kier molecular flexibility index (Phi) is 4.45. The van der Waals surface area contributed by atoms with E-state index in [2.05, 4.69) is 21.0 Å². The second-order valence-corrected chi connectivity index (χ2v) is 4.43. The molecule has 0 bridgehead atoms. The molecule has 0 N–H and O–H groups in total. The molecular weight excluding hydrogens is 252 g/mol. The molecule has 2 aromatic heterocycles.